The van der Waals surface area contributed by atoms with Gasteiger partial charge in [0.05, 0.1) is 41.1 Å². The van der Waals surface area contributed by atoms with Crippen molar-refractivity contribution in [2.45, 2.75) is 43.0 Å². The second-order valence-corrected chi connectivity index (χ2v) is 7.40. The quantitative estimate of drug-likeness (QED) is 0.469. The molecule has 0 N–H and O–H groups in total. The zero-order chi connectivity index (χ0) is 15.7. The van der Waals surface area contributed by atoms with Crippen molar-refractivity contribution in [2.24, 2.45) is 11.8 Å². The second-order valence-electron chi connectivity index (χ2n) is 6.62. The van der Waals surface area contributed by atoms with E-state index in [1.807, 2.05) is 20.1 Å². The molecule has 4 rings (SSSR count). The Labute approximate surface area is 132 Å². The average molecular weight is 319 g/mol. The fourth-order valence-electron chi connectivity index (χ4n) is 4.25. The summed E-state index contributed by atoms with van der Waals surface area (Å²) >= 11 is 1.42. The zero-order valence-electron chi connectivity index (χ0n) is 12.7. The van der Waals surface area contributed by atoms with E-state index < -0.39 is 11.2 Å². The minimum atomic E-state index is -0.527. The van der Waals surface area contributed by atoms with Crippen LogP contribution < -0.4 is 4.90 Å². The average Bonchev–Trinajstić information content (AvgIpc) is 3.04. The van der Waals surface area contributed by atoms with Crippen molar-refractivity contribution in [3.05, 3.63) is 12.4 Å². The highest BCUT2D eigenvalue weighted by Gasteiger charge is 2.72. The number of imide groups is 1. The van der Waals surface area contributed by atoms with Crippen LogP contribution in [-0.2, 0) is 14.3 Å². The van der Waals surface area contributed by atoms with Gasteiger partial charge in [-0.25, -0.2) is 14.9 Å². The molecule has 0 spiro atoms. The Kier molecular flexibility index (Phi) is 2.76. The van der Waals surface area contributed by atoms with Gasteiger partial charge in [-0.3, -0.25) is 9.59 Å². The summed E-state index contributed by atoms with van der Waals surface area (Å²) in [5, 5.41) is 0.616. The summed E-state index contributed by atoms with van der Waals surface area (Å²) in [6, 6.07) is 0. The third-order valence-corrected chi connectivity index (χ3v) is 5.84. The molecule has 3 aliphatic heterocycles. The first-order valence-corrected chi connectivity index (χ1v) is 8.56. The molecule has 116 valence electrons. The molecule has 7 heteroatoms. The third kappa shape index (κ3) is 1.61. The number of carbonyl (C=O) groups is 2. The number of amides is 2. The molecule has 0 aliphatic carbocycles. The number of rotatable bonds is 2. The molecule has 2 amide bonds. The van der Waals surface area contributed by atoms with Crippen LogP contribution in [0.25, 0.3) is 0 Å². The van der Waals surface area contributed by atoms with Crippen LogP contribution in [0.1, 0.15) is 26.7 Å². The Morgan fingerprint density at radius 3 is 2.09 bits per heavy atom. The van der Waals surface area contributed by atoms with Gasteiger partial charge in [-0.2, -0.15) is 0 Å². The Morgan fingerprint density at radius 1 is 1.14 bits per heavy atom. The second kappa shape index (κ2) is 4.29. The molecule has 6 nitrogen and oxygen atoms in total. The number of aromatic nitrogens is 2. The van der Waals surface area contributed by atoms with Gasteiger partial charge in [-0.05, 0) is 32.9 Å². The maximum Gasteiger partial charge on any atom is 0.240 e. The molecule has 0 radical (unpaired) electrons. The fraction of sp³-hybridized carbons (Fsp3) is 0.600. The summed E-state index contributed by atoms with van der Waals surface area (Å²) in [6.07, 6.45) is 6.60. The lowest BCUT2D eigenvalue weighted by Gasteiger charge is -2.27. The summed E-state index contributed by atoms with van der Waals surface area (Å²) < 4.78 is 6.07. The van der Waals surface area contributed by atoms with Crippen molar-refractivity contribution in [1.29, 1.82) is 0 Å². The number of anilines is 1. The van der Waals surface area contributed by atoms with Crippen LogP contribution in [0.4, 0.5) is 5.69 Å². The molecule has 1 aromatic rings. The molecule has 3 aliphatic rings. The smallest absolute Gasteiger partial charge is 0.240 e. The van der Waals surface area contributed by atoms with E-state index in [1.54, 1.807) is 12.4 Å². The number of ether oxygens (including phenoxy) is 1. The summed E-state index contributed by atoms with van der Waals surface area (Å²) in [5.41, 5.74) is -0.601. The minimum Gasteiger partial charge on any atom is -0.367 e. The Bertz CT molecular complexity index is 645. The van der Waals surface area contributed by atoms with Crippen LogP contribution in [0.5, 0.6) is 0 Å². The van der Waals surface area contributed by atoms with Crippen LogP contribution in [-0.4, -0.2) is 39.2 Å². The first-order valence-electron chi connectivity index (χ1n) is 7.34. The number of hydrogen-bond acceptors (Lipinski definition) is 6. The van der Waals surface area contributed by atoms with Crippen LogP contribution >= 0.6 is 11.8 Å². The van der Waals surface area contributed by atoms with Crippen molar-refractivity contribution in [3.8, 4) is 0 Å². The minimum absolute atomic E-state index is 0.179. The van der Waals surface area contributed by atoms with Gasteiger partial charge in [0.25, 0.3) is 0 Å². The van der Waals surface area contributed by atoms with E-state index in [9.17, 15) is 9.59 Å². The topological polar surface area (TPSA) is 72.4 Å². The molecule has 3 fully saturated rings. The standard InChI is InChI=1S/C15H17N3O3S/c1-14-4-5-15(2,21-14)10-9(14)11(19)18(12(10)20)8-6-16-13(22-3)17-7-8/h6-7,9-10H,4-5H2,1-3H3/t9-,10+,14-,15+. The predicted molar refractivity (Wildman–Crippen MR) is 80.4 cm³/mol. The van der Waals surface area contributed by atoms with Crippen LogP contribution in [0.15, 0.2) is 17.6 Å². The maximum atomic E-state index is 12.9. The van der Waals surface area contributed by atoms with Gasteiger partial charge in [0.15, 0.2) is 5.16 Å². The number of fused-ring (bicyclic) bond motifs is 5. The Morgan fingerprint density at radius 2 is 1.64 bits per heavy atom. The molecule has 0 saturated carbocycles. The zero-order valence-corrected chi connectivity index (χ0v) is 13.5. The van der Waals surface area contributed by atoms with Gasteiger partial charge in [0, 0.05) is 0 Å². The lowest BCUT2D eigenvalue weighted by atomic mass is 9.69. The molecule has 4 heterocycles. The third-order valence-electron chi connectivity index (χ3n) is 5.26. The van der Waals surface area contributed by atoms with Crippen molar-refractivity contribution in [2.75, 3.05) is 11.2 Å². The van der Waals surface area contributed by atoms with Crippen LogP contribution in [0.3, 0.4) is 0 Å². The Hall–Kier alpha value is -1.47. The lowest BCUT2D eigenvalue weighted by molar-refractivity contribution is -0.129. The van der Waals surface area contributed by atoms with E-state index in [0.717, 1.165) is 12.8 Å². The van der Waals surface area contributed by atoms with E-state index >= 15 is 0 Å². The van der Waals surface area contributed by atoms with Gasteiger partial charge < -0.3 is 4.74 Å². The van der Waals surface area contributed by atoms with Gasteiger partial charge in [-0.1, -0.05) is 11.8 Å². The van der Waals surface area contributed by atoms with Crippen LogP contribution in [0.2, 0.25) is 0 Å². The van der Waals surface area contributed by atoms with Crippen molar-refractivity contribution in [3.63, 3.8) is 0 Å². The maximum absolute atomic E-state index is 12.9. The van der Waals surface area contributed by atoms with Crippen molar-refractivity contribution in [1.82, 2.24) is 9.97 Å². The predicted octanol–water partition coefficient (Wildman–Crippen LogP) is 1.65. The molecule has 0 aromatic carbocycles. The number of nitrogens with zero attached hydrogens (tertiary/aromatic N) is 3. The highest BCUT2D eigenvalue weighted by Crippen LogP contribution is 2.60. The summed E-state index contributed by atoms with van der Waals surface area (Å²) in [7, 11) is 0. The normalized spacial score (nSPS) is 39.7. The largest absolute Gasteiger partial charge is 0.367 e. The van der Waals surface area contributed by atoms with E-state index in [4.69, 9.17) is 4.74 Å². The van der Waals surface area contributed by atoms with Crippen molar-refractivity contribution < 1.29 is 14.3 Å². The number of hydrogen-bond donors (Lipinski definition) is 0. The van der Waals surface area contributed by atoms with Gasteiger partial charge in [-0.15, -0.1) is 0 Å². The van der Waals surface area contributed by atoms with Crippen LogP contribution in [0, 0.1) is 11.8 Å². The monoisotopic (exact) mass is 319 g/mol. The SMILES string of the molecule is CSc1ncc(N2C(=O)[C@@H]3[C@H](C2=O)[C@@]2(C)CC[C@]3(C)O2)cn1. The van der Waals surface area contributed by atoms with Gasteiger partial charge >= 0.3 is 0 Å². The van der Waals surface area contributed by atoms with E-state index in [-0.39, 0.29) is 23.7 Å². The molecule has 2 bridgehead atoms. The first-order chi connectivity index (χ1) is 10.4. The van der Waals surface area contributed by atoms with E-state index in [0.29, 0.717) is 10.8 Å². The number of carbonyl (C=O) groups excluding carboxylic acids is 2. The van der Waals surface area contributed by atoms with Gasteiger partial charge in [0.2, 0.25) is 11.8 Å². The molecule has 4 atom stereocenters. The number of thioether (sulfide) groups is 1. The van der Waals surface area contributed by atoms with E-state index in [1.165, 1.54) is 16.7 Å². The van der Waals surface area contributed by atoms with Crippen molar-refractivity contribution >= 4 is 29.3 Å². The molecule has 0 unspecified atom stereocenters. The summed E-state index contributed by atoms with van der Waals surface area (Å²) in [5.74, 6) is -1.14. The molecular formula is C15H17N3O3S. The molecule has 22 heavy (non-hydrogen) atoms. The van der Waals surface area contributed by atoms with Gasteiger partial charge in [0.1, 0.15) is 0 Å². The molecule has 3 saturated heterocycles. The fourth-order valence-corrected chi connectivity index (χ4v) is 4.57. The lowest BCUT2D eigenvalue weighted by Crippen LogP contribution is -2.40. The molecular weight excluding hydrogens is 302 g/mol. The highest BCUT2D eigenvalue weighted by atomic mass is 32.2. The summed E-state index contributed by atoms with van der Waals surface area (Å²) in [4.78, 5) is 35.3. The van der Waals surface area contributed by atoms with E-state index in [2.05, 4.69) is 9.97 Å². The first kappa shape index (κ1) is 14.1. The highest BCUT2D eigenvalue weighted by molar-refractivity contribution is 7.98. The summed E-state index contributed by atoms with van der Waals surface area (Å²) in [6.45, 7) is 3.90. The molecule has 1 aromatic heterocycles. The Balaban J connectivity index is 1.75.